The molecule has 9 heteroatoms. The molecule has 0 spiro atoms. The van der Waals surface area contributed by atoms with Crippen molar-refractivity contribution < 1.29 is 23.9 Å². The Hall–Kier alpha value is -1.97. The predicted octanol–water partition coefficient (Wildman–Crippen LogP) is 0.120. The van der Waals surface area contributed by atoms with Crippen LogP contribution in [0.2, 0.25) is 0 Å². The van der Waals surface area contributed by atoms with Crippen LogP contribution in [0.3, 0.4) is 0 Å². The first-order valence-electron chi connectivity index (χ1n) is 7.51. The fraction of sp³-hybridized carbons (Fsp3) is 0.533. The number of esters is 1. The summed E-state index contributed by atoms with van der Waals surface area (Å²) < 4.78 is 9.79. The van der Waals surface area contributed by atoms with Crippen LogP contribution in [-0.4, -0.2) is 57.2 Å². The van der Waals surface area contributed by atoms with Crippen LogP contribution in [0, 0.1) is 0 Å². The molecule has 0 aromatic carbocycles. The summed E-state index contributed by atoms with van der Waals surface area (Å²) in [6.45, 7) is 0.658. The quantitative estimate of drug-likeness (QED) is 0.672. The summed E-state index contributed by atoms with van der Waals surface area (Å²) in [5, 5.41) is 4.97. The van der Waals surface area contributed by atoms with Gasteiger partial charge in [0.05, 0.1) is 25.2 Å². The average molecular weight is 355 g/mol. The molecule has 24 heavy (non-hydrogen) atoms. The minimum Gasteiger partial charge on any atom is -0.465 e. The summed E-state index contributed by atoms with van der Waals surface area (Å²) in [5.74, 6) is -1.01. The Balaban J connectivity index is 2.02. The van der Waals surface area contributed by atoms with Crippen molar-refractivity contribution in [2.75, 3.05) is 32.2 Å². The predicted molar refractivity (Wildman–Crippen MR) is 89.0 cm³/mol. The summed E-state index contributed by atoms with van der Waals surface area (Å²) in [6.07, 6.45) is 0.202. The highest BCUT2D eigenvalue weighted by Crippen LogP contribution is 2.31. The minimum atomic E-state index is -0.611. The number of nitrogens with zero attached hydrogens (tertiary/aromatic N) is 1. The molecule has 1 saturated heterocycles. The van der Waals surface area contributed by atoms with E-state index in [-0.39, 0.29) is 30.9 Å². The van der Waals surface area contributed by atoms with Crippen molar-refractivity contribution in [1.29, 1.82) is 0 Å². The molecule has 2 atom stereocenters. The van der Waals surface area contributed by atoms with Gasteiger partial charge in [-0.3, -0.25) is 9.59 Å². The van der Waals surface area contributed by atoms with E-state index in [1.165, 1.54) is 30.5 Å². The van der Waals surface area contributed by atoms with E-state index in [1.807, 2.05) is 0 Å². The molecule has 0 saturated carbocycles. The summed E-state index contributed by atoms with van der Waals surface area (Å²) >= 11 is 1.29. The lowest BCUT2D eigenvalue weighted by Crippen LogP contribution is -2.43. The summed E-state index contributed by atoms with van der Waals surface area (Å²) in [5.41, 5.74) is 5.84. The van der Waals surface area contributed by atoms with Gasteiger partial charge in [-0.15, -0.1) is 11.3 Å². The van der Waals surface area contributed by atoms with E-state index in [0.29, 0.717) is 23.5 Å². The molecule has 132 valence electrons. The zero-order valence-corrected chi connectivity index (χ0v) is 14.4. The zero-order chi connectivity index (χ0) is 17.7. The number of thiophene rings is 1. The molecule has 3 N–H and O–H groups in total. The number of ether oxygens (including phenoxy) is 2. The van der Waals surface area contributed by atoms with Crippen molar-refractivity contribution >= 4 is 34.1 Å². The smallest absolute Gasteiger partial charge is 0.340 e. The van der Waals surface area contributed by atoms with Crippen LogP contribution < -0.4 is 16.0 Å². The Bertz CT molecular complexity index is 614. The van der Waals surface area contributed by atoms with E-state index in [9.17, 15) is 14.4 Å². The second-order valence-electron chi connectivity index (χ2n) is 5.33. The molecular weight excluding hydrogens is 334 g/mol. The number of anilines is 1. The van der Waals surface area contributed by atoms with E-state index in [2.05, 4.69) is 5.32 Å². The van der Waals surface area contributed by atoms with Crippen LogP contribution in [0.5, 0.6) is 0 Å². The van der Waals surface area contributed by atoms with Gasteiger partial charge in [0.15, 0.2) is 0 Å². The minimum absolute atomic E-state index is 0.100. The second kappa shape index (κ2) is 8.22. The molecule has 2 amide bonds. The molecule has 1 aliphatic rings. The summed E-state index contributed by atoms with van der Waals surface area (Å²) in [7, 11) is 2.78. The Labute approximate surface area is 143 Å². The standard InChI is InChI=1S/C15H21N3O5S/c1-22-9(8-16)7-12(19)17-11-3-5-18(13(11)20)14-10(4-6-24-14)15(21)23-2/h4,6,9,11H,3,5,7-8,16H2,1-2H3,(H,17,19). The topological polar surface area (TPSA) is 111 Å². The number of rotatable bonds is 7. The van der Waals surface area contributed by atoms with Gasteiger partial charge in [0.25, 0.3) is 0 Å². The molecule has 0 radical (unpaired) electrons. The number of carbonyl (C=O) groups is 3. The van der Waals surface area contributed by atoms with Crippen LogP contribution in [-0.2, 0) is 19.1 Å². The number of hydrogen-bond donors (Lipinski definition) is 2. The van der Waals surface area contributed by atoms with Crippen LogP contribution in [0.4, 0.5) is 5.00 Å². The first-order chi connectivity index (χ1) is 11.5. The van der Waals surface area contributed by atoms with Gasteiger partial charge in [-0.25, -0.2) is 4.79 Å². The maximum Gasteiger partial charge on any atom is 0.340 e. The van der Waals surface area contributed by atoms with Gasteiger partial charge in [0.1, 0.15) is 11.0 Å². The second-order valence-corrected chi connectivity index (χ2v) is 6.22. The van der Waals surface area contributed by atoms with Crippen LogP contribution in [0.1, 0.15) is 23.2 Å². The number of nitrogens with two attached hydrogens (primary N) is 1. The average Bonchev–Trinajstić information content (AvgIpc) is 3.19. The molecule has 2 unspecified atom stereocenters. The third kappa shape index (κ3) is 3.92. The molecule has 2 heterocycles. The monoisotopic (exact) mass is 355 g/mol. The van der Waals surface area contributed by atoms with Crippen molar-refractivity contribution in [1.82, 2.24) is 5.32 Å². The summed E-state index contributed by atoms with van der Waals surface area (Å²) in [6, 6.07) is 1.01. The third-order valence-corrected chi connectivity index (χ3v) is 4.78. The normalized spacial score (nSPS) is 18.5. The maximum absolute atomic E-state index is 12.5. The molecule has 1 fully saturated rings. The molecule has 0 bridgehead atoms. The molecule has 8 nitrogen and oxygen atoms in total. The van der Waals surface area contributed by atoms with E-state index in [4.69, 9.17) is 15.2 Å². The van der Waals surface area contributed by atoms with Crippen molar-refractivity contribution in [3.05, 3.63) is 17.0 Å². The molecule has 1 aromatic heterocycles. The third-order valence-electron chi connectivity index (χ3n) is 3.85. The molecule has 1 aromatic rings. The van der Waals surface area contributed by atoms with Gasteiger partial charge in [-0.1, -0.05) is 0 Å². The molecule has 1 aliphatic heterocycles. The van der Waals surface area contributed by atoms with Crippen molar-refractivity contribution in [2.24, 2.45) is 5.73 Å². The fourth-order valence-electron chi connectivity index (χ4n) is 2.51. The van der Waals surface area contributed by atoms with Gasteiger partial charge in [0, 0.05) is 20.2 Å². The van der Waals surface area contributed by atoms with Crippen molar-refractivity contribution in [3.63, 3.8) is 0 Å². The first-order valence-corrected chi connectivity index (χ1v) is 8.39. The fourth-order valence-corrected chi connectivity index (χ4v) is 3.43. The zero-order valence-electron chi connectivity index (χ0n) is 13.6. The van der Waals surface area contributed by atoms with E-state index in [1.54, 1.807) is 11.4 Å². The van der Waals surface area contributed by atoms with Gasteiger partial charge in [0.2, 0.25) is 11.8 Å². The lowest BCUT2D eigenvalue weighted by molar-refractivity contribution is -0.128. The lowest BCUT2D eigenvalue weighted by Gasteiger charge is -2.18. The summed E-state index contributed by atoms with van der Waals surface area (Å²) in [4.78, 5) is 37.8. The largest absolute Gasteiger partial charge is 0.465 e. The highest BCUT2D eigenvalue weighted by atomic mass is 32.1. The van der Waals surface area contributed by atoms with E-state index in [0.717, 1.165) is 0 Å². The van der Waals surface area contributed by atoms with E-state index >= 15 is 0 Å². The number of hydrogen-bond acceptors (Lipinski definition) is 7. The Kier molecular flexibility index (Phi) is 6.29. The number of methoxy groups -OCH3 is 2. The van der Waals surface area contributed by atoms with Gasteiger partial charge in [-0.05, 0) is 17.9 Å². The maximum atomic E-state index is 12.5. The van der Waals surface area contributed by atoms with Crippen molar-refractivity contribution in [3.8, 4) is 0 Å². The van der Waals surface area contributed by atoms with Gasteiger partial charge in [-0.2, -0.15) is 0 Å². The van der Waals surface area contributed by atoms with Gasteiger partial charge >= 0.3 is 5.97 Å². The van der Waals surface area contributed by atoms with Crippen molar-refractivity contribution in [2.45, 2.75) is 25.0 Å². The molecular formula is C15H21N3O5S. The number of amides is 2. The molecule has 0 aliphatic carbocycles. The first kappa shape index (κ1) is 18.4. The van der Waals surface area contributed by atoms with E-state index < -0.39 is 12.0 Å². The number of carbonyl (C=O) groups excluding carboxylic acids is 3. The van der Waals surface area contributed by atoms with Gasteiger partial charge < -0.3 is 25.4 Å². The molecule has 2 rings (SSSR count). The Morgan fingerprint density at radius 1 is 1.50 bits per heavy atom. The number of nitrogens with one attached hydrogen (secondary N) is 1. The Morgan fingerprint density at radius 3 is 2.88 bits per heavy atom. The Morgan fingerprint density at radius 2 is 2.25 bits per heavy atom. The lowest BCUT2D eigenvalue weighted by atomic mass is 10.2. The highest BCUT2D eigenvalue weighted by Gasteiger charge is 2.36. The van der Waals surface area contributed by atoms with Crippen LogP contribution in [0.15, 0.2) is 11.4 Å². The van der Waals surface area contributed by atoms with Crippen LogP contribution in [0.25, 0.3) is 0 Å². The highest BCUT2D eigenvalue weighted by molar-refractivity contribution is 7.14. The van der Waals surface area contributed by atoms with Crippen LogP contribution >= 0.6 is 11.3 Å². The SMILES string of the molecule is COC(=O)c1ccsc1N1CCC(NC(=O)CC(CN)OC)C1=O.